The molecule has 1 unspecified atom stereocenters. The summed E-state index contributed by atoms with van der Waals surface area (Å²) in [6, 6.07) is 10.5. The van der Waals surface area contributed by atoms with Gasteiger partial charge in [0.15, 0.2) is 5.13 Å². The predicted octanol–water partition coefficient (Wildman–Crippen LogP) is 3.23. The van der Waals surface area contributed by atoms with Crippen molar-refractivity contribution < 1.29 is 14.3 Å². The number of benzene rings is 1. The third-order valence-electron chi connectivity index (χ3n) is 5.11. The van der Waals surface area contributed by atoms with E-state index >= 15 is 0 Å². The summed E-state index contributed by atoms with van der Waals surface area (Å²) in [5.74, 6) is -0.0421. The minimum atomic E-state index is -0.0421. The number of rotatable bonds is 8. The normalized spacial score (nSPS) is 19.5. The van der Waals surface area contributed by atoms with Gasteiger partial charge in [0.2, 0.25) is 5.91 Å². The van der Waals surface area contributed by atoms with E-state index in [9.17, 15) is 4.79 Å². The average Bonchev–Trinajstić information content (AvgIpc) is 3.35. The Labute approximate surface area is 169 Å². The number of nitrogens with one attached hydrogen (secondary N) is 1. The highest BCUT2D eigenvalue weighted by Crippen LogP contribution is 2.29. The van der Waals surface area contributed by atoms with Gasteiger partial charge in [-0.05, 0) is 18.4 Å². The van der Waals surface area contributed by atoms with Crippen LogP contribution in [0.5, 0.6) is 0 Å². The van der Waals surface area contributed by atoms with Crippen LogP contribution >= 0.6 is 11.3 Å². The molecule has 1 amide bonds. The van der Waals surface area contributed by atoms with Gasteiger partial charge in [0.05, 0.1) is 31.4 Å². The highest BCUT2D eigenvalue weighted by atomic mass is 32.1. The number of aromatic nitrogens is 1. The van der Waals surface area contributed by atoms with Crippen LogP contribution in [0.25, 0.3) is 0 Å². The lowest BCUT2D eigenvalue weighted by Crippen LogP contribution is -2.29. The minimum Gasteiger partial charge on any atom is -0.378 e. The van der Waals surface area contributed by atoms with Crippen molar-refractivity contribution in [2.24, 2.45) is 0 Å². The zero-order chi connectivity index (χ0) is 19.2. The first-order valence-corrected chi connectivity index (χ1v) is 10.8. The second-order valence-electron chi connectivity index (χ2n) is 7.34. The standard InChI is InChI=1S/C21H27N3O3S/c25-20(9-12-26-15-17-7-4-11-27-17)23-21-22-18-8-10-24(14-19(18)28-21)13-16-5-2-1-3-6-16/h1-3,5-6,17H,4,7-15H2,(H,22,23,25). The lowest BCUT2D eigenvalue weighted by Gasteiger charge is -2.25. The number of anilines is 1. The lowest BCUT2D eigenvalue weighted by molar-refractivity contribution is -0.117. The monoisotopic (exact) mass is 401 g/mol. The van der Waals surface area contributed by atoms with Crippen LogP contribution in [0, 0.1) is 0 Å². The van der Waals surface area contributed by atoms with Gasteiger partial charge >= 0.3 is 0 Å². The van der Waals surface area contributed by atoms with Gasteiger partial charge in [-0.1, -0.05) is 30.3 Å². The number of carbonyl (C=O) groups is 1. The van der Waals surface area contributed by atoms with Crippen LogP contribution < -0.4 is 5.32 Å². The van der Waals surface area contributed by atoms with E-state index < -0.39 is 0 Å². The number of hydrogen-bond acceptors (Lipinski definition) is 6. The predicted molar refractivity (Wildman–Crippen MR) is 109 cm³/mol. The van der Waals surface area contributed by atoms with Crippen LogP contribution in [0.1, 0.15) is 35.4 Å². The fourth-order valence-corrected chi connectivity index (χ4v) is 4.68. The zero-order valence-corrected chi connectivity index (χ0v) is 16.9. The minimum absolute atomic E-state index is 0.0421. The molecule has 150 valence electrons. The van der Waals surface area contributed by atoms with Gasteiger partial charge in [0.1, 0.15) is 0 Å². The molecule has 7 heteroatoms. The third-order valence-corrected chi connectivity index (χ3v) is 6.10. The van der Waals surface area contributed by atoms with Crippen LogP contribution in [0.15, 0.2) is 30.3 Å². The molecular weight excluding hydrogens is 374 g/mol. The van der Waals surface area contributed by atoms with E-state index in [2.05, 4.69) is 39.5 Å². The quantitative estimate of drug-likeness (QED) is 0.688. The van der Waals surface area contributed by atoms with Crippen molar-refractivity contribution in [3.8, 4) is 0 Å². The Hall–Kier alpha value is -1.80. The first-order valence-electron chi connectivity index (χ1n) is 10.0. The van der Waals surface area contributed by atoms with Crippen LogP contribution in [0.3, 0.4) is 0 Å². The Morgan fingerprint density at radius 1 is 1.36 bits per heavy atom. The molecule has 0 bridgehead atoms. The molecule has 0 saturated carbocycles. The van der Waals surface area contributed by atoms with Crippen LogP contribution in [-0.4, -0.2) is 48.3 Å². The molecule has 6 nitrogen and oxygen atoms in total. The molecule has 0 radical (unpaired) electrons. The van der Waals surface area contributed by atoms with E-state index in [1.165, 1.54) is 10.4 Å². The molecule has 1 atom stereocenters. The number of thiazole rings is 1. The summed E-state index contributed by atoms with van der Waals surface area (Å²) in [6.07, 6.45) is 3.63. The average molecular weight is 402 g/mol. The molecule has 1 aromatic heterocycles. The SMILES string of the molecule is O=C(CCOCC1CCCO1)Nc1nc2c(s1)CN(Cc1ccccc1)CC2. The summed E-state index contributed by atoms with van der Waals surface area (Å²) in [7, 11) is 0. The molecule has 1 aromatic carbocycles. The van der Waals surface area contributed by atoms with E-state index in [4.69, 9.17) is 9.47 Å². The highest BCUT2D eigenvalue weighted by Gasteiger charge is 2.21. The van der Waals surface area contributed by atoms with E-state index in [1.807, 2.05) is 6.07 Å². The summed E-state index contributed by atoms with van der Waals surface area (Å²) >= 11 is 1.59. The summed E-state index contributed by atoms with van der Waals surface area (Å²) in [5, 5.41) is 3.64. The molecule has 2 aromatic rings. The maximum Gasteiger partial charge on any atom is 0.228 e. The van der Waals surface area contributed by atoms with Crippen LogP contribution in [-0.2, 0) is 33.8 Å². The van der Waals surface area contributed by atoms with Crippen LogP contribution in [0.2, 0.25) is 0 Å². The molecule has 28 heavy (non-hydrogen) atoms. The zero-order valence-electron chi connectivity index (χ0n) is 16.1. The Morgan fingerprint density at radius 3 is 3.07 bits per heavy atom. The van der Waals surface area contributed by atoms with Gasteiger partial charge in [-0.3, -0.25) is 9.69 Å². The first-order chi connectivity index (χ1) is 13.8. The maximum atomic E-state index is 12.2. The van der Waals surface area contributed by atoms with Crippen molar-refractivity contribution in [1.29, 1.82) is 0 Å². The van der Waals surface area contributed by atoms with Crippen LogP contribution in [0.4, 0.5) is 5.13 Å². The van der Waals surface area contributed by atoms with Crippen molar-refractivity contribution in [3.63, 3.8) is 0 Å². The molecule has 4 rings (SSSR count). The van der Waals surface area contributed by atoms with Crippen molar-refractivity contribution in [1.82, 2.24) is 9.88 Å². The Bertz CT molecular complexity index is 774. The number of nitrogens with zero attached hydrogens (tertiary/aromatic N) is 2. The summed E-state index contributed by atoms with van der Waals surface area (Å²) in [6.45, 7) is 4.66. The fourth-order valence-electron chi connectivity index (χ4n) is 3.62. The Kier molecular flexibility index (Phi) is 6.69. The fraction of sp³-hybridized carbons (Fsp3) is 0.524. The molecule has 0 aliphatic carbocycles. The summed E-state index contributed by atoms with van der Waals surface area (Å²) in [4.78, 5) is 20.5. The number of fused-ring (bicyclic) bond motifs is 1. The second kappa shape index (κ2) is 9.60. The topological polar surface area (TPSA) is 63.7 Å². The van der Waals surface area contributed by atoms with Gasteiger partial charge < -0.3 is 14.8 Å². The number of amides is 1. The Balaban J connectivity index is 1.22. The number of hydrogen-bond donors (Lipinski definition) is 1. The van der Waals surface area contributed by atoms with E-state index in [-0.39, 0.29) is 12.0 Å². The van der Waals surface area contributed by atoms with Crippen molar-refractivity contribution in [2.75, 3.05) is 31.7 Å². The van der Waals surface area contributed by atoms with E-state index in [0.29, 0.717) is 24.8 Å². The smallest absolute Gasteiger partial charge is 0.228 e. The van der Waals surface area contributed by atoms with Crippen molar-refractivity contribution >= 4 is 22.4 Å². The lowest BCUT2D eigenvalue weighted by atomic mass is 10.1. The Morgan fingerprint density at radius 2 is 2.25 bits per heavy atom. The first kappa shape index (κ1) is 19.5. The summed E-state index contributed by atoms with van der Waals surface area (Å²) in [5.41, 5.74) is 2.45. The molecule has 1 N–H and O–H groups in total. The van der Waals surface area contributed by atoms with Gasteiger partial charge in [-0.2, -0.15) is 0 Å². The van der Waals surface area contributed by atoms with Gasteiger partial charge in [0, 0.05) is 37.5 Å². The molecule has 1 saturated heterocycles. The number of carbonyl (C=O) groups excluding carboxylic acids is 1. The van der Waals surface area contributed by atoms with E-state index in [0.717, 1.165) is 51.2 Å². The van der Waals surface area contributed by atoms with Gasteiger partial charge in [0.25, 0.3) is 0 Å². The molecule has 1 fully saturated rings. The van der Waals surface area contributed by atoms with Crippen molar-refractivity contribution in [2.45, 2.75) is 44.9 Å². The highest BCUT2D eigenvalue weighted by molar-refractivity contribution is 7.15. The third kappa shape index (κ3) is 5.38. The largest absolute Gasteiger partial charge is 0.378 e. The number of ether oxygens (including phenoxy) is 2. The summed E-state index contributed by atoms with van der Waals surface area (Å²) < 4.78 is 11.1. The maximum absolute atomic E-state index is 12.2. The molecular formula is C21H27N3O3S. The second-order valence-corrected chi connectivity index (χ2v) is 8.43. The molecule has 3 heterocycles. The molecule has 2 aliphatic rings. The van der Waals surface area contributed by atoms with E-state index in [1.54, 1.807) is 11.3 Å². The van der Waals surface area contributed by atoms with Gasteiger partial charge in [-0.15, -0.1) is 11.3 Å². The van der Waals surface area contributed by atoms with Crippen molar-refractivity contribution in [3.05, 3.63) is 46.5 Å². The molecule has 2 aliphatic heterocycles. The molecule has 0 spiro atoms. The van der Waals surface area contributed by atoms with Gasteiger partial charge in [-0.25, -0.2) is 4.98 Å².